The fraction of sp³-hybridized carbons (Fsp3) is 0.294. The zero-order valence-corrected chi connectivity index (χ0v) is 15.1. The van der Waals surface area contributed by atoms with E-state index in [1.54, 1.807) is 4.90 Å². The van der Waals surface area contributed by atoms with Gasteiger partial charge in [-0.2, -0.15) is 13.2 Å². The molecule has 0 aliphatic carbocycles. The van der Waals surface area contributed by atoms with Gasteiger partial charge in [0, 0.05) is 19.2 Å². The third kappa shape index (κ3) is 4.53. The Balaban J connectivity index is 2.04. The van der Waals surface area contributed by atoms with Crippen LogP contribution in [0.5, 0.6) is 0 Å². The number of hydrogen-bond donors (Lipinski definition) is 1. The van der Waals surface area contributed by atoms with Gasteiger partial charge in [-0.25, -0.2) is 17.2 Å². The van der Waals surface area contributed by atoms with E-state index in [1.807, 2.05) is 4.72 Å². The van der Waals surface area contributed by atoms with E-state index in [0.29, 0.717) is 50.6 Å². The van der Waals surface area contributed by atoms with Gasteiger partial charge in [-0.3, -0.25) is 4.72 Å². The van der Waals surface area contributed by atoms with Crippen molar-refractivity contribution in [3.8, 4) is 0 Å². The first-order valence-corrected chi connectivity index (χ1v) is 9.57. The highest BCUT2D eigenvalue weighted by Crippen LogP contribution is 2.36. The number of halogens is 5. The standard InChI is InChI=1S/C17H15F5N2O3S/c18-12-8-13(19)10-14(9-12)28(25,26)23-15-7-11(17(20,21)22)1-2-16(15)24-3-5-27-6-4-24/h1-2,7-10,23H,3-6H2. The first-order chi connectivity index (χ1) is 13.1. The van der Waals surface area contributed by atoms with Gasteiger partial charge in [0.2, 0.25) is 0 Å². The lowest BCUT2D eigenvalue weighted by molar-refractivity contribution is -0.137. The minimum absolute atomic E-state index is 0.205. The van der Waals surface area contributed by atoms with Gasteiger partial charge in [0.15, 0.2) is 0 Å². The molecular formula is C17H15F5N2O3S. The van der Waals surface area contributed by atoms with E-state index in [9.17, 15) is 30.4 Å². The third-order valence-corrected chi connectivity index (χ3v) is 5.41. The summed E-state index contributed by atoms with van der Waals surface area (Å²) in [5.74, 6) is -2.25. The molecule has 3 rings (SSSR count). The normalized spacial score (nSPS) is 15.5. The molecule has 1 N–H and O–H groups in total. The fourth-order valence-corrected chi connectivity index (χ4v) is 3.87. The van der Waals surface area contributed by atoms with Gasteiger partial charge >= 0.3 is 6.18 Å². The topological polar surface area (TPSA) is 58.6 Å². The molecule has 0 unspecified atom stereocenters. The fourth-order valence-electron chi connectivity index (χ4n) is 2.76. The van der Waals surface area contributed by atoms with Crippen LogP contribution in [0.25, 0.3) is 0 Å². The molecule has 5 nitrogen and oxygen atoms in total. The Bertz CT molecular complexity index is 953. The Labute approximate surface area is 157 Å². The summed E-state index contributed by atoms with van der Waals surface area (Å²) < 4.78 is 98.3. The predicted molar refractivity (Wildman–Crippen MR) is 91.6 cm³/mol. The molecule has 1 saturated heterocycles. The summed E-state index contributed by atoms with van der Waals surface area (Å²) >= 11 is 0. The van der Waals surface area contributed by atoms with Crippen molar-refractivity contribution in [3.63, 3.8) is 0 Å². The summed E-state index contributed by atoms with van der Waals surface area (Å²) in [5.41, 5.74) is -1.20. The predicted octanol–water partition coefficient (Wildman–Crippen LogP) is 3.62. The quantitative estimate of drug-likeness (QED) is 0.765. The summed E-state index contributed by atoms with van der Waals surface area (Å²) in [6.07, 6.45) is -4.70. The van der Waals surface area contributed by atoms with Crippen molar-refractivity contribution >= 4 is 21.4 Å². The van der Waals surface area contributed by atoms with Gasteiger partial charge in [0.25, 0.3) is 10.0 Å². The molecule has 0 saturated carbocycles. The van der Waals surface area contributed by atoms with Gasteiger partial charge in [-0.15, -0.1) is 0 Å². The van der Waals surface area contributed by atoms with Crippen LogP contribution in [0.15, 0.2) is 41.3 Å². The zero-order valence-electron chi connectivity index (χ0n) is 14.3. The maximum atomic E-state index is 13.4. The number of nitrogens with one attached hydrogen (secondary N) is 1. The van der Waals surface area contributed by atoms with E-state index < -0.39 is 38.3 Å². The van der Waals surface area contributed by atoms with Crippen molar-refractivity contribution in [2.45, 2.75) is 11.1 Å². The molecule has 0 amide bonds. The van der Waals surface area contributed by atoms with E-state index in [2.05, 4.69) is 0 Å². The molecule has 11 heteroatoms. The zero-order chi connectivity index (χ0) is 20.5. The van der Waals surface area contributed by atoms with Crippen LogP contribution in [0, 0.1) is 11.6 Å². The summed E-state index contributed by atoms with van der Waals surface area (Å²) in [5, 5.41) is 0. The second kappa shape index (κ2) is 7.55. The van der Waals surface area contributed by atoms with Crippen LogP contribution < -0.4 is 9.62 Å². The molecule has 0 bridgehead atoms. The van der Waals surface area contributed by atoms with Gasteiger partial charge in [0.1, 0.15) is 11.6 Å². The van der Waals surface area contributed by atoms with Crippen LogP contribution in [0.1, 0.15) is 5.56 Å². The molecule has 0 spiro atoms. The smallest absolute Gasteiger partial charge is 0.378 e. The molecule has 28 heavy (non-hydrogen) atoms. The summed E-state index contributed by atoms with van der Waals surface area (Å²) in [6.45, 7) is 1.33. The minimum atomic E-state index is -4.70. The van der Waals surface area contributed by atoms with Crippen molar-refractivity contribution in [1.82, 2.24) is 0 Å². The summed E-state index contributed by atoms with van der Waals surface area (Å²) in [6, 6.07) is 4.28. The maximum absolute atomic E-state index is 13.4. The van der Waals surface area contributed by atoms with Crippen LogP contribution in [0.2, 0.25) is 0 Å². The lowest BCUT2D eigenvalue weighted by atomic mass is 10.1. The van der Waals surface area contributed by atoms with Crippen molar-refractivity contribution < 1.29 is 35.1 Å². The molecule has 2 aromatic carbocycles. The molecule has 1 heterocycles. The highest BCUT2D eigenvalue weighted by atomic mass is 32.2. The number of rotatable bonds is 4. The van der Waals surface area contributed by atoms with E-state index in [4.69, 9.17) is 4.74 Å². The van der Waals surface area contributed by atoms with Crippen LogP contribution >= 0.6 is 0 Å². The van der Waals surface area contributed by atoms with Gasteiger partial charge in [0.05, 0.1) is 35.0 Å². The van der Waals surface area contributed by atoms with Crippen molar-refractivity contribution in [1.29, 1.82) is 0 Å². The highest BCUT2D eigenvalue weighted by molar-refractivity contribution is 7.92. The number of alkyl halides is 3. The molecule has 0 atom stereocenters. The van der Waals surface area contributed by atoms with Crippen molar-refractivity contribution in [2.24, 2.45) is 0 Å². The van der Waals surface area contributed by atoms with Crippen LogP contribution in [0.4, 0.5) is 33.3 Å². The Hall–Kier alpha value is -2.40. The Morgan fingerprint density at radius 2 is 1.57 bits per heavy atom. The number of nitrogens with zero attached hydrogens (tertiary/aromatic N) is 1. The van der Waals surface area contributed by atoms with Crippen LogP contribution in [0.3, 0.4) is 0 Å². The number of benzene rings is 2. The first kappa shape index (κ1) is 20.3. The summed E-state index contributed by atoms with van der Waals surface area (Å²) in [7, 11) is -4.54. The molecule has 0 radical (unpaired) electrons. The van der Waals surface area contributed by atoms with Crippen LogP contribution in [-0.2, 0) is 20.9 Å². The van der Waals surface area contributed by atoms with E-state index in [-0.39, 0.29) is 11.4 Å². The average molecular weight is 422 g/mol. The second-order valence-electron chi connectivity index (χ2n) is 6.04. The lowest BCUT2D eigenvalue weighted by Crippen LogP contribution is -2.36. The van der Waals surface area contributed by atoms with Crippen molar-refractivity contribution in [2.75, 3.05) is 35.9 Å². The van der Waals surface area contributed by atoms with Gasteiger partial charge < -0.3 is 9.64 Å². The van der Waals surface area contributed by atoms with Gasteiger partial charge in [-0.05, 0) is 30.3 Å². The average Bonchev–Trinajstić information content (AvgIpc) is 2.60. The molecule has 1 aliphatic rings. The Morgan fingerprint density at radius 1 is 0.964 bits per heavy atom. The number of ether oxygens (including phenoxy) is 1. The van der Waals surface area contributed by atoms with Crippen LogP contribution in [-0.4, -0.2) is 34.7 Å². The van der Waals surface area contributed by atoms with E-state index in [0.717, 1.165) is 12.1 Å². The lowest BCUT2D eigenvalue weighted by Gasteiger charge is -2.31. The SMILES string of the molecule is O=S(=O)(Nc1cc(C(F)(F)F)ccc1N1CCOCC1)c1cc(F)cc(F)c1. The number of anilines is 2. The molecule has 0 aromatic heterocycles. The third-order valence-electron chi connectivity index (χ3n) is 4.07. The Morgan fingerprint density at radius 3 is 2.14 bits per heavy atom. The molecule has 1 aliphatic heterocycles. The molecule has 2 aromatic rings. The number of sulfonamides is 1. The monoisotopic (exact) mass is 422 g/mol. The number of hydrogen-bond acceptors (Lipinski definition) is 4. The maximum Gasteiger partial charge on any atom is 0.416 e. The molecule has 152 valence electrons. The minimum Gasteiger partial charge on any atom is -0.378 e. The summed E-state index contributed by atoms with van der Waals surface area (Å²) in [4.78, 5) is 0.920. The van der Waals surface area contributed by atoms with E-state index in [1.165, 1.54) is 0 Å². The van der Waals surface area contributed by atoms with Gasteiger partial charge in [-0.1, -0.05) is 0 Å². The highest BCUT2D eigenvalue weighted by Gasteiger charge is 2.32. The van der Waals surface area contributed by atoms with Crippen molar-refractivity contribution in [3.05, 3.63) is 53.6 Å². The number of morpholine rings is 1. The largest absolute Gasteiger partial charge is 0.416 e. The second-order valence-corrected chi connectivity index (χ2v) is 7.72. The Kier molecular flexibility index (Phi) is 5.48. The molecular weight excluding hydrogens is 407 g/mol. The molecule has 1 fully saturated rings. The van der Waals surface area contributed by atoms with E-state index >= 15 is 0 Å². The first-order valence-electron chi connectivity index (χ1n) is 8.09.